The number of nitrogens with two attached hydrogens (primary N) is 2. The van der Waals surface area contributed by atoms with Crippen LogP contribution in [0.1, 0.15) is 12.8 Å². The number of carbonyl (C=O) groups is 2. The van der Waals surface area contributed by atoms with Crippen LogP contribution < -0.4 is 18.6 Å². The van der Waals surface area contributed by atoms with Gasteiger partial charge in [-0.05, 0) is 0 Å². The van der Waals surface area contributed by atoms with Gasteiger partial charge in [0.05, 0.1) is 0 Å². The van der Waals surface area contributed by atoms with Gasteiger partial charge in [0, 0.05) is 0 Å². The fourth-order valence-corrected chi connectivity index (χ4v) is 12.4. The predicted octanol–water partition coefficient (Wildman–Crippen LogP) is 1.49. The summed E-state index contributed by atoms with van der Waals surface area (Å²) in [6, 6.07) is 16.9. The van der Waals surface area contributed by atoms with E-state index in [9.17, 15) is 9.59 Å². The summed E-state index contributed by atoms with van der Waals surface area (Å²) >= 11 is -1.54. The molecule has 31 heavy (non-hydrogen) atoms. The summed E-state index contributed by atoms with van der Waals surface area (Å²) in [6.07, 6.45) is 4.86. The molecule has 9 heteroatoms. The summed E-state index contributed by atoms with van der Waals surface area (Å²) in [6.45, 7) is 0. The molecule has 0 heterocycles. The molecule has 6 nitrogen and oxygen atoms in total. The molecule has 0 saturated heterocycles. The number of benzene rings is 2. The summed E-state index contributed by atoms with van der Waals surface area (Å²) in [5.74, 6) is 0.356. The second kappa shape index (κ2) is 13.4. The molecular formula is C22H30N2O4S2Sn. The van der Waals surface area contributed by atoms with Gasteiger partial charge in [-0.2, -0.15) is 0 Å². The van der Waals surface area contributed by atoms with E-state index in [0.717, 1.165) is 11.5 Å². The van der Waals surface area contributed by atoms with Crippen LogP contribution in [0.25, 0.3) is 0 Å². The Morgan fingerprint density at radius 1 is 0.774 bits per heavy atom. The summed E-state index contributed by atoms with van der Waals surface area (Å²) in [5, 5.41) is 0. The molecule has 0 aliphatic heterocycles. The molecule has 2 atom stereocenters. The molecule has 2 aromatic carbocycles. The van der Waals surface area contributed by atoms with Gasteiger partial charge in [0.25, 0.3) is 0 Å². The van der Waals surface area contributed by atoms with Gasteiger partial charge in [0.2, 0.25) is 0 Å². The van der Waals surface area contributed by atoms with E-state index in [1.54, 1.807) is 23.5 Å². The molecule has 0 saturated carbocycles. The molecule has 168 valence electrons. The number of rotatable bonds is 12. The predicted molar refractivity (Wildman–Crippen MR) is 132 cm³/mol. The molecule has 0 aromatic heterocycles. The molecule has 0 radical (unpaired) electrons. The molecule has 2 unspecified atom stereocenters. The minimum atomic E-state index is -4.76. The van der Waals surface area contributed by atoms with Crippen LogP contribution in [-0.4, -0.2) is 67.2 Å². The molecule has 0 aliphatic rings. The van der Waals surface area contributed by atoms with E-state index in [2.05, 4.69) is 0 Å². The third-order valence-corrected chi connectivity index (χ3v) is 15.0. The first kappa shape index (κ1) is 26.1. The van der Waals surface area contributed by atoms with Crippen LogP contribution in [0, 0.1) is 0 Å². The van der Waals surface area contributed by atoms with Crippen molar-refractivity contribution in [2.45, 2.75) is 24.9 Å². The topological polar surface area (TPSA) is 105 Å². The van der Waals surface area contributed by atoms with Crippen LogP contribution in [0.3, 0.4) is 0 Å². The molecule has 4 N–H and O–H groups in total. The Bertz CT molecular complexity index is 757. The first-order chi connectivity index (χ1) is 14.9. The maximum atomic E-state index is 13.0. The average Bonchev–Trinajstić information content (AvgIpc) is 2.81. The fraction of sp³-hybridized carbons (Fsp3) is 0.364. The molecule has 0 spiro atoms. The van der Waals surface area contributed by atoms with Crippen molar-refractivity contribution in [2.24, 2.45) is 11.5 Å². The minimum absolute atomic E-state index is 0.479. The third-order valence-electron chi connectivity index (χ3n) is 4.67. The molecule has 0 amide bonds. The van der Waals surface area contributed by atoms with Gasteiger partial charge in [-0.15, -0.1) is 0 Å². The van der Waals surface area contributed by atoms with Crippen molar-refractivity contribution in [1.29, 1.82) is 0 Å². The molecule has 2 rings (SSSR count). The second-order valence-electron chi connectivity index (χ2n) is 6.97. The fourth-order valence-electron chi connectivity index (χ4n) is 2.90. The van der Waals surface area contributed by atoms with Crippen molar-refractivity contribution in [1.82, 2.24) is 0 Å². The molecule has 0 aliphatic carbocycles. The first-order valence-electron chi connectivity index (χ1n) is 10.0. The van der Waals surface area contributed by atoms with Crippen LogP contribution in [0.5, 0.6) is 0 Å². The van der Waals surface area contributed by atoms with E-state index in [-0.39, 0.29) is 0 Å². The normalized spacial score (nSPS) is 13.3. The van der Waals surface area contributed by atoms with Gasteiger partial charge < -0.3 is 0 Å². The summed E-state index contributed by atoms with van der Waals surface area (Å²) < 4.78 is 13.7. The van der Waals surface area contributed by atoms with Gasteiger partial charge in [0.15, 0.2) is 0 Å². The zero-order valence-electron chi connectivity index (χ0n) is 17.9. The third kappa shape index (κ3) is 7.42. The Morgan fingerprint density at radius 2 is 1.13 bits per heavy atom. The van der Waals surface area contributed by atoms with Gasteiger partial charge in [-0.1, -0.05) is 0 Å². The van der Waals surface area contributed by atoms with Crippen LogP contribution in [0.4, 0.5) is 0 Å². The molecule has 0 bridgehead atoms. The van der Waals surface area contributed by atoms with Crippen molar-refractivity contribution >= 4 is 61.8 Å². The molecule has 0 fully saturated rings. The van der Waals surface area contributed by atoms with Gasteiger partial charge in [-0.25, -0.2) is 0 Å². The van der Waals surface area contributed by atoms with E-state index in [1.807, 2.05) is 73.2 Å². The zero-order chi connectivity index (χ0) is 22.7. The standard InChI is InChI=1S/2C6H5.2C5H11NO2S.Sn/c2*1-2-4-6-5-3-1;2*1-9-3-2-4(6)5(7)8;/h2*1-5H;2*4H,2-3,6H2,1H3,(H,7,8);/q;;;;+2/p-2. The molecular weight excluding hydrogens is 539 g/mol. The van der Waals surface area contributed by atoms with E-state index in [4.69, 9.17) is 17.6 Å². The molecule has 2 aromatic rings. The van der Waals surface area contributed by atoms with Crippen LogP contribution in [0.15, 0.2) is 60.7 Å². The summed E-state index contributed by atoms with van der Waals surface area (Å²) in [4.78, 5) is 26.0. The Morgan fingerprint density at radius 3 is 1.45 bits per heavy atom. The Kier molecular flexibility index (Phi) is 11.2. The quantitative estimate of drug-likeness (QED) is 0.371. The van der Waals surface area contributed by atoms with E-state index in [1.165, 1.54) is 0 Å². The van der Waals surface area contributed by atoms with Gasteiger partial charge in [-0.3, -0.25) is 0 Å². The Hall–Kier alpha value is -1.20. The van der Waals surface area contributed by atoms with Crippen LogP contribution in [0.2, 0.25) is 0 Å². The Labute approximate surface area is 197 Å². The van der Waals surface area contributed by atoms with Crippen molar-refractivity contribution in [3.05, 3.63) is 60.7 Å². The zero-order valence-corrected chi connectivity index (χ0v) is 22.3. The van der Waals surface area contributed by atoms with Gasteiger partial charge >= 0.3 is 199 Å². The number of carbonyl (C=O) groups excluding carboxylic acids is 2. The van der Waals surface area contributed by atoms with Crippen molar-refractivity contribution in [2.75, 3.05) is 24.0 Å². The number of thioether (sulfide) groups is 2. The van der Waals surface area contributed by atoms with E-state index < -0.39 is 43.2 Å². The van der Waals surface area contributed by atoms with E-state index >= 15 is 0 Å². The van der Waals surface area contributed by atoms with Crippen molar-refractivity contribution < 1.29 is 15.7 Å². The van der Waals surface area contributed by atoms with Crippen LogP contribution >= 0.6 is 23.5 Å². The van der Waals surface area contributed by atoms with Crippen molar-refractivity contribution in [3.8, 4) is 0 Å². The average molecular weight is 569 g/mol. The monoisotopic (exact) mass is 570 g/mol. The summed E-state index contributed by atoms with van der Waals surface area (Å²) in [5.41, 5.74) is 12.2. The number of hydrogen-bond acceptors (Lipinski definition) is 8. The number of hydrogen-bond donors (Lipinski definition) is 2. The van der Waals surface area contributed by atoms with Crippen LogP contribution in [-0.2, 0) is 15.7 Å². The SMILES string of the molecule is CSCCC(N)C(=O)[O][Sn]([O]C(=O)C(N)CCSC)([c]1ccccc1)[c]1ccccc1. The van der Waals surface area contributed by atoms with E-state index in [0.29, 0.717) is 20.0 Å². The maximum absolute atomic E-state index is 13.0. The van der Waals surface area contributed by atoms with Crippen molar-refractivity contribution in [3.63, 3.8) is 0 Å². The van der Waals surface area contributed by atoms with Gasteiger partial charge in [0.1, 0.15) is 0 Å². The Balaban J connectivity index is 2.49. The first-order valence-corrected chi connectivity index (χ1v) is 18.0. The summed E-state index contributed by atoms with van der Waals surface area (Å²) in [7, 11) is 0. The second-order valence-corrected chi connectivity index (χ2v) is 16.9.